The maximum Gasteiger partial charge on any atom is 0.237 e. The van der Waals surface area contributed by atoms with Crippen molar-refractivity contribution < 1.29 is 97.2 Å². The van der Waals surface area contributed by atoms with Crippen LogP contribution >= 0.6 is 25.3 Å². The summed E-state index contributed by atoms with van der Waals surface area (Å²) in [5.74, 6) is -71.3. The van der Waals surface area contributed by atoms with Crippen molar-refractivity contribution in [2.45, 2.75) is 16.5 Å². The molecule has 7 aromatic rings. The number of benzene rings is 6. The molecule has 0 amide bonds. The molecule has 6 aromatic carbocycles. The fourth-order valence-corrected chi connectivity index (χ4v) is 7.82. The van der Waals surface area contributed by atoms with Crippen molar-refractivity contribution >= 4 is 69.9 Å². The van der Waals surface area contributed by atoms with Crippen LogP contribution in [0.25, 0.3) is 10.9 Å². The van der Waals surface area contributed by atoms with E-state index in [-0.39, 0.29) is 12.3 Å². The van der Waals surface area contributed by atoms with Crippen molar-refractivity contribution in [2.75, 3.05) is 0 Å². The monoisotopic (exact) mass is 991 g/mol. The first-order valence-electron chi connectivity index (χ1n) is 17.5. The number of ketones is 1. The molecule has 25 heteroatoms. The highest BCUT2D eigenvalue weighted by atomic mass is 32.1. The summed E-state index contributed by atoms with van der Waals surface area (Å²) in [7, 11) is 0. The molecule has 0 atom stereocenters. The minimum Gasteiger partial charge on any atom is -0.287 e. The molecule has 1 heterocycles. The predicted octanol–water partition coefficient (Wildman–Crippen LogP) is 9.43. The fourth-order valence-electron chi connectivity index (χ4n) is 7.24. The number of para-hydroxylation sites is 1. The lowest BCUT2D eigenvalue weighted by Crippen LogP contribution is -2.81. The number of pyridine rings is 1. The van der Waals surface area contributed by atoms with E-state index in [4.69, 9.17) is 0 Å². The first-order chi connectivity index (χ1) is 30.9. The zero-order valence-corrected chi connectivity index (χ0v) is 33.2. The number of Topliss-reactive ketones (excluding diaryl/α,β-unsaturated/α-hetero) is 1. The molecule has 0 aliphatic carbocycles. The van der Waals surface area contributed by atoms with Gasteiger partial charge in [0.1, 0.15) is 52.7 Å². The second kappa shape index (κ2) is 18.2. The second-order valence-corrected chi connectivity index (χ2v) is 14.5. The molecule has 0 unspecified atom stereocenters. The normalized spacial score (nSPS) is 11.6. The Morgan fingerprint density at radius 2 is 0.682 bits per heavy atom. The summed E-state index contributed by atoms with van der Waals surface area (Å²) in [5, 5.41) is 1.79. The molecule has 66 heavy (non-hydrogen) atoms. The third-order valence-corrected chi connectivity index (χ3v) is 10.9. The first kappa shape index (κ1) is 49.2. The Morgan fingerprint density at radius 1 is 0.379 bits per heavy atom. The first-order valence-corrected chi connectivity index (χ1v) is 18.4. The van der Waals surface area contributed by atoms with Crippen LogP contribution in [0.4, 0.5) is 87.8 Å². The minimum absolute atomic E-state index is 0.0555. The van der Waals surface area contributed by atoms with Crippen LogP contribution < -0.4 is 26.4 Å². The topological polar surface area (TPSA) is 20.9 Å². The number of hydrogen-bond acceptors (Lipinski definition) is 3. The molecule has 0 bridgehead atoms. The van der Waals surface area contributed by atoms with Crippen molar-refractivity contribution in [1.82, 2.24) is 0 Å². The Balaban J connectivity index is 0.000000284. The fraction of sp³-hybridized carbons (Fsp3) is 0.0244. The molecule has 0 radical (unpaired) electrons. The average molecular weight is 991 g/mol. The van der Waals surface area contributed by atoms with E-state index in [9.17, 15) is 57.5 Å². The van der Waals surface area contributed by atoms with E-state index >= 15 is 35.1 Å². The number of aromatic nitrogens is 1. The van der Waals surface area contributed by atoms with Gasteiger partial charge in [0.25, 0.3) is 0 Å². The molecule has 0 N–H and O–H groups in total. The molecule has 344 valence electrons. The van der Waals surface area contributed by atoms with Crippen molar-refractivity contribution in [3.63, 3.8) is 0 Å². The SMILES string of the molecule is Fc1c(F)c(F)c([B-](c2c(F)c(F)c(F)c(F)c2F)(c2c(F)c(F)c(F)c(F)c2F)c2c(F)c(F)c(F)c(F)c2F)c(F)c1F.O=C(C[n+]1c(S)ccc2cccc(S)c21)c1ccccc1. The number of carbonyl (C=O) groups is 1. The zero-order valence-electron chi connectivity index (χ0n) is 31.4. The predicted molar refractivity (Wildman–Crippen MR) is 199 cm³/mol. The standard InChI is InChI=1S/C24BF20.C17H13NOS2/c26-5-1(6(27)14(35)21(42)13(5)34)25(2-7(28)15(36)22(43)16(37)8(2)29,3-9(30)17(38)23(44)18(39)10(3)31)4-11(32)19(40)24(45)20(41)12(4)33;19-14(12-5-2-1-3-6-12)11-18-16(21)10-9-13-7-4-8-15(20)17(13)18/h;1-10,20H,11H2/q-1;/p+1. The molecule has 2 nitrogen and oxygen atoms in total. The Labute approximate surface area is 365 Å². The molecule has 7 rings (SSSR count). The smallest absolute Gasteiger partial charge is 0.237 e. The number of thiol groups is 2. The number of rotatable bonds is 7. The Kier molecular flexibility index (Phi) is 13.6. The van der Waals surface area contributed by atoms with Gasteiger partial charge in [0.15, 0.2) is 69.8 Å². The lowest BCUT2D eigenvalue weighted by molar-refractivity contribution is -0.695. The summed E-state index contributed by atoms with van der Waals surface area (Å²) >= 11 is 9.00. The van der Waals surface area contributed by atoms with Gasteiger partial charge in [0.2, 0.25) is 22.9 Å². The summed E-state index contributed by atoms with van der Waals surface area (Å²) in [4.78, 5) is 13.3. The van der Waals surface area contributed by atoms with Crippen molar-refractivity contribution in [2.24, 2.45) is 0 Å². The van der Waals surface area contributed by atoms with Crippen LogP contribution in [0.3, 0.4) is 0 Å². The number of carbonyl (C=O) groups excluding carboxylic acids is 1. The second-order valence-electron chi connectivity index (χ2n) is 13.6. The highest BCUT2D eigenvalue weighted by Crippen LogP contribution is 2.31. The molecular weight excluding hydrogens is 977 g/mol. The summed E-state index contributed by atoms with van der Waals surface area (Å²) in [5.41, 5.74) is -12.7. The quantitative estimate of drug-likeness (QED) is 0.0311. The molecule has 0 saturated carbocycles. The van der Waals surface area contributed by atoms with E-state index in [0.29, 0.717) is 5.56 Å². The molecule has 0 aliphatic rings. The van der Waals surface area contributed by atoms with Crippen LogP contribution in [0.1, 0.15) is 10.4 Å². The number of fused-ring (bicyclic) bond motifs is 1. The van der Waals surface area contributed by atoms with Gasteiger partial charge in [-0.2, -0.15) is 4.57 Å². The van der Waals surface area contributed by atoms with Crippen LogP contribution in [0.5, 0.6) is 0 Å². The molecule has 0 fully saturated rings. The van der Waals surface area contributed by atoms with Crippen molar-refractivity contribution in [1.29, 1.82) is 0 Å². The maximum atomic E-state index is 15.4. The highest BCUT2D eigenvalue weighted by molar-refractivity contribution is 7.80. The van der Waals surface area contributed by atoms with E-state index in [0.717, 1.165) is 20.8 Å². The van der Waals surface area contributed by atoms with Crippen LogP contribution in [0, 0.1) is 116 Å². The van der Waals surface area contributed by atoms with Gasteiger partial charge in [0, 0.05) is 17.0 Å². The summed E-state index contributed by atoms with van der Waals surface area (Å²) in [6, 6.07) is 19.1. The van der Waals surface area contributed by atoms with Gasteiger partial charge in [0.05, 0.1) is 4.90 Å². The van der Waals surface area contributed by atoms with Gasteiger partial charge < -0.3 is 0 Å². The van der Waals surface area contributed by atoms with E-state index in [1.807, 2.05) is 65.2 Å². The molecular formula is C41H14BF20NOS2. The lowest BCUT2D eigenvalue weighted by Gasteiger charge is -2.44. The van der Waals surface area contributed by atoms with Crippen LogP contribution in [0.2, 0.25) is 0 Å². The van der Waals surface area contributed by atoms with E-state index in [2.05, 4.69) is 25.3 Å². The lowest BCUT2D eigenvalue weighted by atomic mass is 9.12. The highest BCUT2D eigenvalue weighted by Gasteiger charge is 2.52. The Hall–Kier alpha value is -6.24. The third-order valence-electron chi connectivity index (χ3n) is 10.1. The Morgan fingerprint density at radius 3 is 1.00 bits per heavy atom. The largest absolute Gasteiger partial charge is 0.287 e. The summed E-state index contributed by atoms with van der Waals surface area (Å²) in [6.45, 7) is 0.248. The van der Waals surface area contributed by atoms with E-state index in [1.165, 1.54) is 0 Å². The number of halogens is 20. The van der Waals surface area contributed by atoms with E-state index in [1.54, 1.807) is 0 Å². The molecule has 1 aromatic heterocycles. The molecule has 0 saturated heterocycles. The summed E-state index contributed by atoms with van der Waals surface area (Å²) in [6.07, 6.45) is -7.22. The molecule has 0 spiro atoms. The number of hydrogen-bond donors (Lipinski definition) is 2. The Bertz CT molecular complexity index is 2790. The zero-order chi connectivity index (χ0) is 49.2. The van der Waals surface area contributed by atoms with Gasteiger partial charge in [-0.1, -0.05) is 49.0 Å². The number of nitrogens with zero attached hydrogens (tertiary/aromatic N) is 1. The van der Waals surface area contributed by atoms with E-state index < -0.39 is 144 Å². The third kappa shape index (κ3) is 7.57. The van der Waals surface area contributed by atoms with Gasteiger partial charge in [-0.05, 0) is 18.2 Å². The van der Waals surface area contributed by atoms with Gasteiger partial charge in [-0.15, -0.1) is 34.5 Å². The molecule has 0 aliphatic heterocycles. The van der Waals surface area contributed by atoms with Crippen molar-refractivity contribution in [3.8, 4) is 0 Å². The van der Waals surface area contributed by atoms with Crippen LogP contribution in [0.15, 0.2) is 70.6 Å². The average Bonchev–Trinajstić information content (AvgIpc) is 3.30. The van der Waals surface area contributed by atoms with Gasteiger partial charge >= 0.3 is 0 Å². The van der Waals surface area contributed by atoms with Crippen LogP contribution in [-0.4, -0.2) is 11.9 Å². The van der Waals surface area contributed by atoms with Gasteiger partial charge in [-0.25, -0.2) is 87.8 Å². The maximum absolute atomic E-state index is 15.4. The minimum atomic E-state index is -7.22. The van der Waals surface area contributed by atoms with Gasteiger partial charge in [-0.3, -0.25) is 4.79 Å². The summed E-state index contributed by atoms with van der Waals surface area (Å²) < 4.78 is 296. The van der Waals surface area contributed by atoms with Crippen LogP contribution in [-0.2, 0) is 6.54 Å². The van der Waals surface area contributed by atoms with Crippen molar-refractivity contribution in [3.05, 3.63) is 183 Å².